The molecule has 0 bridgehead atoms. The van der Waals surface area contributed by atoms with E-state index < -0.39 is 0 Å². The first kappa shape index (κ1) is 6.61. The fourth-order valence-corrected chi connectivity index (χ4v) is 1.74. The summed E-state index contributed by atoms with van der Waals surface area (Å²) in [5, 5.41) is 8.85. The average Bonchev–Trinajstić information content (AvgIpc) is 2.55. The van der Waals surface area contributed by atoms with Crippen molar-refractivity contribution < 1.29 is 0 Å². The zero-order chi connectivity index (χ0) is 7.68. The molecule has 0 spiro atoms. The highest BCUT2D eigenvalue weighted by molar-refractivity contribution is 7.13. The summed E-state index contributed by atoms with van der Waals surface area (Å²) in [4.78, 5) is 1.19. The summed E-state index contributed by atoms with van der Waals surface area (Å²) in [6.45, 7) is 2.00. The van der Waals surface area contributed by atoms with Crippen LogP contribution < -0.4 is 0 Å². The number of hydrogen-bond donors (Lipinski definition) is 1. The molecular weight excluding hydrogens is 156 g/mol. The van der Waals surface area contributed by atoms with Crippen molar-refractivity contribution in [3.8, 4) is 10.6 Å². The maximum Gasteiger partial charge on any atom is 0.106 e. The van der Waals surface area contributed by atoms with E-state index in [4.69, 9.17) is 0 Å². The summed E-state index contributed by atoms with van der Waals surface area (Å²) in [5.74, 6) is 0. The molecule has 2 aromatic rings. The summed E-state index contributed by atoms with van der Waals surface area (Å²) in [6, 6.07) is 4.08. The van der Waals surface area contributed by atoms with Crippen LogP contribution in [-0.4, -0.2) is 10.2 Å². The molecule has 0 aliphatic heterocycles. The molecule has 0 amide bonds. The number of aryl methyl sites for hydroxylation is 1. The van der Waals surface area contributed by atoms with Crippen LogP contribution in [0.5, 0.6) is 0 Å². The zero-order valence-corrected chi connectivity index (χ0v) is 6.90. The van der Waals surface area contributed by atoms with Gasteiger partial charge in [-0.2, -0.15) is 5.10 Å². The average molecular weight is 163 g/mol. The van der Waals surface area contributed by atoms with Crippen LogP contribution in [-0.2, 0) is 0 Å². The molecule has 0 unspecified atom stereocenters. The third-order valence-corrected chi connectivity index (χ3v) is 2.40. The Morgan fingerprint density at radius 2 is 2.55 bits per heavy atom. The van der Waals surface area contributed by atoms with Gasteiger partial charge in [-0.25, -0.2) is 0 Å². The van der Waals surface area contributed by atoms with E-state index in [-0.39, 0.29) is 0 Å². The number of thiophene rings is 1. The monoisotopic (exact) mass is 163 g/mol. The summed E-state index contributed by atoms with van der Waals surface area (Å²) in [6.07, 6.45) is 2.93. The molecule has 0 fully saturated rings. The van der Waals surface area contributed by atoms with Crippen molar-refractivity contribution in [1.82, 2.24) is 10.2 Å². The lowest BCUT2D eigenvalue weighted by molar-refractivity contribution is 1.09. The van der Waals surface area contributed by atoms with Gasteiger partial charge in [0.25, 0.3) is 0 Å². The van der Waals surface area contributed by atoms with Crippen LogP contribution in [0.25, 0.3) is 10.6 Å². The molecular formula is C8H7N2S. The molecule has 0 atom stereocenters. The number of rotatable bonds is 1. The van der Waals surface area contributed by atoms with Gasteiger partial charge in [-0.3, -0.25) is 5.10 Å². The van der Waals surface area contributed by atoms with E-state index in [1.54, 1.807) is 11.3 Å². The van der Waals surface area contributed by atoms with E-state index >= 15 is 0 Å². The van der Waals surface area contributed by atoms with Crippen LogP contribution in [0.3, 0.4) is 0 Å². The minimum atomic E-state index is 1.01. The molecule has 0 saturated carbocycles. The van der Waals surface area contributed by atoms with E-state index in [1.807, 2.05) is 18.4 Å². The second kappa shape index (κ2) is 2.51. The van der Waals surface area contributed by atoms with E-state index in [0.29, 0.717) is 0 Å². The van der Waals surface area contributed by atoms with Crippen molar-refractivity contribution in [3.63, 3.8) is 0 Å². The van der Waals surface area contributed by atoms with Gasteiger partial charge in [0.2, 0.25) is 0 Å². The Hall–Kier alpha value is -1.09. The first-order valence-corrected chi connectivity index (χ1v) is 4.22. The number of aromatic amines is 1. The summed E-state index contributed by atoms with van der Waals surface area (Å²) < 4.78 is 0. The molecule has 1 radical (unpaired) electrons. The van der Waals surface area contributed by atoms with Gasteiger partial charge in [0.05, 0.1) is 11.1 Å². The van der Waals surface area contributed by atoms with Gasteiger partial charge in [-0.05, 0) is 18.4 Å². The Kier molecular flexibility index (Phi) is 1.51. The summed E-state index contributed by atoms with van der Waals surface area (Å²) >= 11 is 1.69. The van der Waals surface area contributed by atoms with Gasteiger partial charge in [0, 0.05) is 5.56 Å². The van der Waals surface area contributed by atoms with Gasteiger partial charge in [-0.1, -0.05) is 6.07 Å². The molecule has 0 aliphatic rings. The molecule has 3 heteroatoms. The lowest BCUT2D eigenvalue weighted by Crippen LogP contribution is -1.73. The van der Waals surface area contributed by atoms with Crippen molar-refractivity contribution in [3.05, 3.63) is 29.3 Å². The molecule has 1 N–H and O–H groups in total. The smallest absolute Gasteiger partial charge is 0.106 e. The van der Waals surface area contributed by atoms with Crippen molar-refractivity contribution in [2.45, 2.75) is 6.92 Å². The highest BCUT2D eigenvalue weighted by Gasteiger charge is 2.04. The molecule has 2 aromatic heterocycles. The Morgan fingerprint density at radius 3 is 3.09 bits per heavy atom. The van der Waals surface area contributed by atoms with Gasteiger partial charge in [0.15, 0.2) is 0 Å². The molecule has 2 rings (SSSR count). The largest absolute Gasteiger partial charge is 0.275 e. The van der Waals surface area contributed by atoms with Gasteiger partial charge in [0.1, 0.15) is 5.69 Å². The van der Waals surface area contributed by atoms with Crippen LogP contribution in [0.2, 0.25) is 0 Å². The lowest BCUT2D eigenvalue weighted by Gasteiger charge is -1.89. The molecule has 2 nitrogen and oxygen atoms in total. The summed E-state index contributed by atoms with van der Waals surface area (Å²) in [5.41, 5.74) is 2.09. The minimum absolute atomic E-state index is 1.01. The van der Waals surface area contributed by atoms with Gasteiger partial charge >= 0.3 is 0 Å². The van der Waals surface area contributed by atoms with Gasteiger partial charge < -0.3 is 0 Å². The molecule has 0 aliphatic carbocycles. The van der Waals surface area contributed by atoms with Crippen LogP contribution >= 0.6 is 11.3 Å². The Morgan fingerprint density at radius 1 is 1.64 bits per heavy atom. The fraction of sp³-hybridized carbons (Fsp3) is 0.125. The topological polar surface area (TPSA) is 28.7 Å². The predicted molar refractivity (Wildman–Crippen MR) is 45.5 cm³/mol. The van der Waals surface area contributed by atoms with Crippen LogP contribution in [0.4, 0.5) is 0 Å². The van der Waals surface area contributed by atoms with E-state index in [9.17, 15) is 0 Å². The van der Waals surface area contributed by atoms with Gasteiger partial charge in [-0.15, -0.1) is 11.3 Å². The Labute approximate surface area is 68.9 Å². The van der Waals surface area contributed by atoms with Crippen molar-refractivity contribution >= 4 is 11.3 Å². The van der Waals surface area contributed by atoms with E-state index in [1.165, 1.54) is 4.88 Å². The van der Waals surface area contributed by atoms with Crippen LogP contribution in [0, 0.1) is 13.1 Å². The maximum atomic E-state index is 4.09. The third kappa shape index (κ3) is 1.07. The Balaban J connectivity index is 2.53. The van der Waals surface area contributed by atoms with E-state index in [2.05, 4.69) is 22.5 Å². The molecule has 0 aromatic carbocycles. The molecule has 0 saturated heterocycles. The fourth-order valence-electron chi connectivity index (χ4n) is 0.964. The minimum Gasteiger partial charge on any atom is -0.275 e. The first-order valence-electron chi connectivity index (χ1n) is 3.34. The Bertz CT molecular complexity index is 335. The van der Waals surface area contributed by atoms with Crippen molar-refractivity contribution in [1.29, 1.82) is 0 Å². The number of aromatic nitrogens is 2. The zero-order valence-electron chi connectivity index (χ0n) is 6.09. The standard InChI is InChI=1S/C8H7N2S/c1-6-5-9-10-8(6)7-3-2-4-11-7/h2-4H,1H3,(H,9,10). The van der Waals surface area contributed by atoms with Crippen LogP contribution in [0.15, 0.2) is 17.5 Å². The SMILES string of the molecule is Cc1[c][nH]nc1-c1cccs1. The molecule has 55 valence electrons. The number of hydrogen-bond acceptors (Lipinski definition) is 2. The predicted octanol–water partition coefficient (Wildman–Crippen LogP) is 2.25. The summed E-state index contributed by atoms with van der Waals surface area (Å²) in [7, 11) is 0. The molecule has 2 heterocycles. The van der Waals surface area contributed by atoms with Crippen molar-refractivity contribution in [2.24, 2.45) is 0 Å². The first-order chi connectivity index (χ1) is 5.38. The lowest BCUT2D eigenvalue weighted by atomic mass is 10.2. The highest BCUT2D eigenvalue weighted by atomic mass is 32.1. The number of H-pyrrole nitrogens is 1. The normalized spacial score (nSPS) is 10.3. The highest BCUT2D eigenvalue weighted by Crippen LogP contribution is 2.24. The number of nitrogens with zero attached hydrogens (tertiary/aromatic N) is 1. The third-order valence-electron chi connectivity index (χ3n) is 1.52. The second-order valence-corrected chi connectivity index (χ2v) is 3.25. The van der Waals surface area contributed by atoms with E-state index in [0.717, 1.165) is 11.3 Å². The molecule has 11 heavy (non-hydrogen) atoms. The van der Waals surface area contributed by atoms with Crippen LogP contribution in [0.1, 0.15) is 5.56 Å². The number of nitrogens with one attached hydrogen (secondary N) is 1. The maximum absolute atomic E-state index is 4.09. The second-order valence-electron chi connectivity index (χ2n) is 2.30. The van der Waals surface area contributed by atoms with Crippen molar-refractivity contribution in [2.75, 3.05) is 0 Å². The quantitative estimate of drug-likeness (QED) is 0.686.